The summed E-state index contributed by atoms with van der Waals surface area (Å²) >= 11 is 5.64. The largest absolute Gasteiger partial charge is 0.376 e. The number of nitro groups is 1. The molecule has 0 unspecified atom stereocenters. The van der Waals surface area contributed by atoms with Gasteiger partial charge in [-0.05, 0) is 30.9 Å². The van der Waals surface area contributed by atoms with E-state index in [1.807, 2.05) is 0 Å². The van der Waals surface area contributed by atoms with E-state index in [2.05, 4.69) is 15.3 Å². The number of halogens is 1. The first kappa shape index (κ1) is 13.0. The third-order valence-corrected chi connectivity index (χ3v) is 3.39. The van der Waals surface area contributed by atoms with Crippen molar-refractivity contribution >= 4 is 23.1 Å². The second-order valence-corrected chi connectivity index (χ2v) is 4.56. The number of nitrogens with zero attached hydrogens (tertiary/aromatic N) is 3. The minimum absolute atomic E-state index is 0.0248. The normalized spacial score (nSPS) is 17.0. The molecule has 0 saturated heterocycles. The van der Waals surface area contributed by atoms with Gasteiger partial charge in [0.2, 0.25) is 11.1 Å². The second kappa shape index (κ2) is 5.03. The van der Waals surface area contributed by atoms with Crippen LogP contribution in [0, 0.1) is 10.1 Å². The molecule has 0 spiro atoms. The van der Waals surface area contributed by atoms with E-state index >= 15 is 0 Å². The summed E-state index contributed by atoms with van der Waals surface area (Å²) in [6, 6.07) is 0. The molecule has 1 N–H and O–H groups in total. The van der Waals surface area contributed by atoms with Crippen molar-refractivity contribution in [1.82, 2.24) is 9.97 Å². The first-order valence-electron chi connectivity index (χ1n) is 5.52. The average molecular weight is 273 g/mol. The molecule has 0 atom stereocenters. The average Bonchev–Trinajstić information content (AvgIpc) is 2.28. The maximum atomic E-state index is 10.8. The van der Waals surface area contributed by atoms with Gasteiger partial charge < -0.3 is 10.1 Å². The SMILES string of the molecule is COC1(CNc2nc(Cl)ncc2[N+](=O)[O-])CCC1. The smallest absolute Gasteiger partial charge is 0.329 e. The van der Waals surface area contributed by atoms with E-state index in [9.17, 15) is 10.1 Å². The van der Waals surface area contributed by atoms with Crippen molar-refractivity contribution in [2.45, 2.75) is 24.9 Å². The summed E-state index contributed by atoms with van der Waals surface area (Å²) in [7, 11) is 1.64. The number of ether oxygens (including phenoxy) is 1. The second-order valence-electron chi connectivity index (χ2n) is 4.22. The van der Waals surface area contributed by atoms with Crippen LogP contribution in [0.2, 0.25) is 5.28 Å². The third kappa shape index (κ3) is 2.51. The van der Waals surface area contributed by atoms with Crippen LogP contribution in [0.1, 0.15) is 19.3 Å². The van der Waals surface area contributed by atoms with Crippen LogP contribution in [0.25, 0.3) is 0 Å². The van der Waals surface area contributed by atoms with Crippen molar-refractivity contribution in [3.63, 3.8) is 0 Å². The summed E-state index contributed by atoms with van der Waals surface area (Å²) < 4.78 is 5.42. The van der Waals surface area contributed by atoms with Gasteiger partial charge in [-0.25, -0.2) is 4.98 Å². The van der Waals surface area contributed by atoms with E-state index in [4.69, 9.17) is 16.3 Å². The van der Waals surface area contributed by atoms with Gasteiger partial charge in [-0.3, -0.25) is 10.1 Å². The van der Waals surface area contributed by atoms with Crippen LogP contribution in [0.5, 0.6) is 0 Å². The molecule has 1 saturated carbocycles. The summed E-state index contributed by atoms with van der Waals surface area (Å²) in [5.41, 5.74) is -0.435. The summed E-state index contributed by atoms with van der Waals surface area (Å²) in [6.07, 6.45) is 4.06. The molecule has 98 valence electrons. The van der Waals surface area contributed by atoms with Crippen LogP contribution in [0.15, 0.2) is 6.20 Å². The lowest BCUT2D eigenvalue weighted by Crippen LogP contribution is -2.45. The molecular weight excluding hydrogens is 260 g/mol. The molecule has 1 aliphatic carbocycles. The van der Waals surface area contributed by atoms with Gasteiger partial charge >= 0.3 is 5.69 Å². The molecule has 1 aliphatic rings. The molecule has 1 fully saturated rings. The molecule has 0 aromatic carbocycles. The first-order valence-corrected chi connectivity index (χ1v) is 5.90. The lowest BCUT2D eigenvalue weighted by atomic mass is 9.80. The molecule has 18 heavy (non-hydrogen) atoms. The Labute approximate surface area is 109 Å². The number of anilines is 1. The van der Waals surface area contributed by atoms with Gasteiger partial charge in [0, 0.05) is 13.7 Å². The molecule has 7 nitrogen and oxygen atoms in total. The molecule has 1 heterocycles. The zero-order chi connectivity index (χ0) is 13.2. The highest BCUT2D eigenvalue weighted by Gasteiger charge is 2.37. The Bertz CT molecular complexity index is 459. The fourth-order valence-corrected chi connectivity index (χ4v) is 2.02. The quantitative estimate of drug-likeness (QED) is 0.501. The lowest BCUT2D eigenvalue weighted by molar-refractivity contribution is -0.384. The number of methoxy groups -OCH3 is 1. The van der Waals surface area contributed by atoms with Gasteiger partial charge in [-0.1, -0.05) is 0 Å². The standard InChI is InChI=1S/C10H13ClN4O3/c1-18-10(3-2-4-10)6-13-8-7(15(16)17)5-12-9(11)14-8/h5H,2-4,6H2,1H3,(H,12,13,14). The van der Waals surface area contributed by atoms with Crippen molar-refractivity contribution in [2.24, 2.45) is 0 Å². The number of aromatic nitrogens is 2. The predicted octanol–water partition coefficient (Wildman–Crippen LogP) is 2.02. The van der Waals surface area contributed by atoms with Crippen molar-refractivity contribution < 1.29 is 9.66 Å². The summed E-state index contributed by atoms with van der Waals surface area (Å²) in [5.74, 6) is 0.128. The Morgan fingerprint density at radius 3 is 2.89 bits per heavy atom. The summed E-state index contributed by atoms with van der Waals surface area (Å²) in [4.78, 5) is 17.7. The molecule has 0 radical (unpaired) electrons. The van der Waals surface area contributed by atoms with Crippen LogP contribution in [0.4, 0.5) is 11.5 Å². The van der Waals surface area contributed by atoms with Crippen LogP contribution in [0.3, 0.4) is 0 Å². The molecular formula is C10H13ClN4O3. The first-order chi connectivity index (χ1) is 8.56. The number of hydrogen-bond acceptors (Lipinski definition) is 6. The minimum Gasteiger partial charge on any atom is -0.376 e. The Kier molecular flexibility index (Phi) is 3.63. The van der Waals surface area contributed by atoms with E-state index < -0.39 is 4.92 Å². The topological polar surface area (TPSA) is 90.2 Å². The fourth-order valence-electron chi connectivity index (χ4n) is 1.89. The highest BCUT2D eigenvalue weighted by atomic mass is 35.5. The van der Waals surface area contributed by atoms with Crippen LogP contribution >= 0.6 is 11.6 Å². The Morgan fingerprint density at radius 1 is 1.67 bits per heavy atom. The third-order valence-electron chi connectivity index (χ3n) is 3.21. The number of hydrogen-bond donors (Lipinski definition) is 1. The Balaban J connectivity index is 2.12. The maximum absolute atomic E-state index is 10.8. The van der Waals surface area contributed by atoms with E-state index in [1.54, 1.807) is 7.11 Å². The van der Waals surface area contributed by atoms with Gasteiger partial charge in [0.1, 0.15) is 6.20 Å². The molecule has 0 amide bonds. The molecule has 1 aromatic rings. The molecule has 1 aromatic heterocycles. The highest BCUT2D eigenvalue weighted by molar-refractivity contribution is 6.28. The highest BCUT2D eigenvalue weighted by Crippen LogP contribution is 2.35. The molecule has 0 bridgehead atoms. The van der Waals surface area contributed by atoms with Crippen molar-refractivity contribution in [1.29, 1.82) is 0 Å². The number of rotatable bonds is 5. The van der Waals surface area contributed by atoms with E-state index in [-0.39, 0.29) is 22.4 Å². The molecule has 0 aliphatic heterocycles. The van der Waals surface area contributed by atoms with Crippen LogP contribution < -0.4 is 5.32 Å². The summed E-state index contributed by atoms with van der Waals surface area (Å²) in [5, 5.41) is 13.7. The van der Waals surface area contributed by atoms with Gasteiger partial charge in [0.05, 0.1) is 10.5 Å². The van der Waals surface area contributed by atoms with E-state index in [0.717, 1.165) is 25.5 Å². The predicted molar refractivity (Wildman–Crippen MR) is 65.8 cm³/mol. The fraction of sp³-hybridized carbons (Fsp3) is 0.600. The monoisotopic (exact) mass is 272 g/mol. The van der Waals surface area contributed by atoms with Crippen LogP contribution in [-0.2, 0) is 4.74 Å². The molecule has 8 heteroatoms. The maximum Gasteiger partial charge on any atom is 0.329 e. The molecule has 2 rings (SSSR count). The Morgan fingerprint density at radius 2 is 2.39 bits per heavy atom. The zero-order valence-electron chi connectivity index (χ0n) is 9.85. The van der Waals surface area contributed by atoms with Crippen LogP contribution in [-0.4, -0.2) is 34.1 Å². The number of nitrogens with one attached hydrogen (secondary N) is 1. The minimum atomic E-state index is -0.543. The zero-order valence-corrected chi connectivity index (χ0v) is 10.6. The van der Waals surface area contributed by atoms with Gasteiger partial charge in [-0.2, -0.15) is 4.98 Å². The summed E-state index contributed by atoms with van der Waals surface area (Å²) in [6.45, 7) is 0.470. The van der Waals surface area contributed by atoms with E-state index in [0.29, 0.717) is 6.54 Å². The van der Waals surface area contributed by atoms with Crippen molar-refractivity contribution in [3.8, 4) is 0 Å². The van der Waals surface area contributed by atoms with Crippen molar-refractivity contribution in [3.05, 3.63) is 21.6 Å². The van der Waals surface area contributed by atoms with Gasteiger partial charge in [-0.15, -0.1) is 0 Å². The lowest BCUT2D eigenvalue weighted by Gasteiger charge is -2.40. The van der Waals surface area contributed by atoms with E-state index in [1.165, 1.54) is 0 Å². The van der Waals surface area contributed by atoms with Gasteiger partial charge in [0.15, 0.2) is 0 Å². The Hall–Kier alpha value is -1.47. The van der Waals surface area contributed by atoms with Crippen molar-refractivity contribution in [2.75, 3.05) is 19.0 Å². The van der Waals surface area contributed by atoms with Gasteiger partial charge in [0.25, 0.3) is 0 Å².